The molecule has 0 saturated carbocycles. The fraction of sp³-hybridized carbons (Fsp3) is 0.829. The lowest BCUT2D eigenvalue weighted by Gasteiger charge is -2.29. The fourth-order valence-electron chi connectivity index (χ4n) is 4.49. The van der Waals surface area contributed by atoms with Crippen molar-refractivity contribution >= 4 is 0 Å². The van der Waals surface area contributed by atoms with Crippen molar-refractivity contribution in [3.8, 4) is 0 Å². The highest BCUT2D eigenvalue weighted by Gasteiger charge is 2.29. The number of ether oxygens (including phenoxy) is 9. The molecule has 1 aromatic rings. The molecule has 11 heteroatoms. The van der Waals surface area contributed by atoms with E-state index in [1.165, 1.54) is 32.1 Å². The monoisotopic (exact) mass is 660 g/mol. The Morgan fingerprint density at radius 3 is 1.20 bits per heavy atom. The molecule has 0 radical (unpaired) electrons. The summed E-state index contributed by atoms with van der Waals surface area (Å²) in [5.74, 6) is 0. The largest absolute Gasteiger partial charge is 0.394 e. The van der Waals surface area contributed by atoms with Crippen molar-refractivity contribution in [3.63, 3.8) is 0 Å². The van der Waals surface area contributed by atoms with Gasteiger partial charge in [-0.05, 0) is 12.0 Å². The zero-order chi connectivity index (χ0) is 33.1. The van der Waals surface area contributed by atoms with Gasteiger partial charge in [-0.3, -0.25) is 0 Å². The van der Waals surface area contributed by atoms with Gasteiger partial charge in [0.1, 0.15) is 5.60 Å². The van der Waals surface area contributed by atoms with E-state index in [0.29, 0.717) is 119 Å². The number of hydrogen-bond donors (Lipinski definition) is 2. The van der Waals surface area contributed by atoms with E-state index in [-0.39, 0.29) is 13.2 Å². The van der Waals surface area contributed by atoms with Crippen LogP contribution in [0.3, 0.4) is 0 Å². The van der Waals surface area contributed by atoms with Gasteiger partial charge in [0.25, 0.3) is 0 Å². The van der Waals surface area contributed by atoms with Gasteiger partial charge in [0, 0.05) is 0 Å². The first-order valence-corrected chi connectivity index (χ1v) is 17.3. The standard InChI is InChI=1S/C35H64O11/c1-2-3-4-5-6-7-11-14-35(37,34-12-9-8-10-13-34)33-46-32-31-45-30-29-44-28-27-43-26-25-42-24-23-41-22-21-40-20-19-39-18-17-38-16-15-36/h8-10,12-13,36-37H,2-7,11,14-33H2,1H3. The van der Waals surface area contributed by atoms with E-state index in [1.807, 2.05) is 30.3 Å². The number of unbranched alkanes of at least 4 members (excludes halogenated alkanes) is 6. The molecule has 0 aliphatic rings. The van der Waals surface area contributed by atoms with Crippen molar-refractivity contribution in [3.05, 3.63) is 35.9 Å². The summed E-state index contributed by atoms with van der Waals surface area (Å²) in [5.41, 5.74) is -0.0648. The minimum atomic E-state index is -0.975. The third-order valence-corrected chi connectivity index (χ3v) is 7.06. The first-order chi connectivity index (χ1) is 22.7. The molecule has 270 valence electrons. The summed E-state index contributed by atoms with van der Waals surface area (Å²) >= 11 is 0. The maximum Gasteiger partial charge on any atom is 0.113 e. The highest BCUT2D eigenvalue weighted by Crippen LogP contribution is 2.28. The topological polar surface area (TPSA) is 124 Å². The zero-order valence-corrected chi connectivity index (χ0v) is 28.5. The normalized spacial score (nSPS) is 12.9. The van der Waals surface area contributed by atoms with E-state index >= 15 is 0 Å². The molecule has 0 heterocycles. The minimum Gasteiger partial charge on any atom is -0.394 e. The molecule has 1 aromatic carbocycles. The molecule has 2 N–H and O–H groups in total. The average Bonchev–Trinajstić information content (AvgIpc) is 3.08. The summed E-state index contributed by atoms with van der Waals surface area (Å²) in [4.78, 5) is 0. The van der Waals surface area contributed by atoms with Crippen molar-refractivity contribution in [2.75, 3.05) is 126 Å². The second-order valence-corrected chi connectivity index (χ2v) is 10.9. The molecule has 1 atom stereocenters. The number of benzene rings is 1. The molecule has 0 aliphatic heterocycles. The second-order valence-electron chi connectivity index (χ2n) is 10.9. The highest BCUT2D eigenvalue weighted by atomic mass is 16.6. The Balaban J connectivity index is 1.87. The average molecular weight is 661 g/mol. The molecule has 0 saturated heterocycles. The van der Waals surface area contributed by atoms with Crippen LogP contribution in [0.4, 0.5) is 0 Å². The van der Waals surface area contributed by atoms with Gasteiger partial charge in [0.2, 0.25) is 0 Å². The van der Waals surface area contributed by atoms with Crippen molar-refractivity contribution < 1.29 is 52.8 Å². The second kappa shape index (κ2) is 33.7. The van der Waals surface area contributed by atoms with Gasteiger partial charge >= 0.3 is 0 Å². The summed E-state index contributed by atoms with van der Waals surface area (Å²) in [6.45, 7) is 10.7. The summed E-state index contributed by atoms with van der Waals surface area (Å²) < 4.78 is 49.3. The molecule has 1 unspecified atom stereocenters. The van der Waals surface area contributed by atoms with Crippen LogP contribution in [0, 0.1) is 0 Å². The lowest BCUT2D eigenvalue weighted by molar-refractivity contribution is -0.0716. The van der Waals surface area contributed by atoms with Crippen LogP contribution in [0.5, 0.6) is 0 Å². The fourth-order valence-corrected chi connectivity index (χ4v) is 4.49. The third kappa shape index (κ3) is 26.8. The molecule has 0 amide bonds. The SMILES string of the molecule is CCCCCCCCCC(O)(COCCOCCOCCOCCOCCOCCOCCOCCOCCO)c1ccccc1. The molecular weight excluding hydrogens is 596 g/mol. The molecule has 46 heavy (non-hydrogen) atoms. The Morgan fingerprint density at radius 2 is 0.804 bits per heavy atom. The van der Waals surface area contributed by atoms with Crippen LogP contribution in [0.15, 0.2) is 30.3 Å². The van der Waals surface area contributed by atoms with Gasteiger partial charge in [0.05, 0.1) is 126 Å². The number of hydrogen-bond acceptors (Lipinski definition) is 11. The highest BCUT2D eigenvalue weighted by molar-refractivity contribution is 5.22. The Morgan fingerprint density at radius 1 is 0.457 bits per heavy atom. The molecule has 0 spiro atoms. The quantitative estimate of drug-likeness (QED) is 0.100. The van der Waals surface area contributed by atoms with Gasteiger partial charge in [-0.2, -0.15) is 0 Å². The number of rotatable bonds is 37. The van der Waals surface area contributed by atoms with Crippen LogP contribution in [-0.2, 0) is 48.2 Å². The summed E-state index contributed by atoms with van der Waals surface area (Å²) in [6, 6.07) is 9.85. The molecular formula is C35H64O11. The van der Waals surface area contributed by atoms with Crippen LogP contribution in [0.25, 0.3) is 0 Å². The first kappa shape index (κ1) is 42.8. The Kier molecular flexibility index (Phi) is 31.3. The lowest BCUT2D eigenvalue weighted by atomic mass is 9.89. The van der Waals surface area contributed by atoms with E-state index in [4.69, 9.17) is 47.7 Å². The molecule has 0 fully saturated rings. The van der Waals surface area contributed by atoms with E-state index in [9.17, 15) is 5.11 Å². The zero-order valence-electron chi connectivity index (χ0n) is 28.5. The summed E-state index contributed by atoms with van der Waals surface area (Å²) in [6.07, 6.45) is 9.18. The van der Waals surface area contributed by atoms with E-state index in [2.05, 4.69) is 6.92 Å². The molecule has 11 nitrogen and oxygen atoms in total. The van der Waals surface area contributed by atoms with E-state index in [1.54, 1.807) is 0 Å². The van der Waals surface area contributed by atoms with Crippen molar-refractivity contribution in [2.45, 2.75) is 63.9 Å². The van der Waals surface area contributed by atoms with Crippen LogP contribution < -0.4 is 0 Å². The van der Waals surface area contributed by atoms with Crippen molar-refractivity contribution in [2.24, 2.45) is 0 Å². The van der Waals surface area contributed by atoms with Crippen LogP contribution >= 0.6 is 0 Å². The first-order valence-electron chi connectivity index (χ1n) is 17.3. The third-order valence-electron chi connectivity index (χ3n) is 7.06. The van der Waals surface area contributed by atoms with Crippen LogP contribution in [-0.4, -0.2) is 136 Å². The molecule has 0 bridgehead atoms. The molecule has 1 rings (SSSR count). The van der Waals surface area contributed by atoms with Crippen molar-refractivity contribution in [1.29, 1.82) is 0 Å². The number of aliphatic hydroxyl groups is 2. The van der Waals surface area contributed by atoms with Crippen LogP contribution in [0.2, 0.25) is 0 Å². The van der Waals surface area contributed by atoms with Crippen LogP contribution in [0.1, 0.15) is 63.9 Å². The maximum atomic E-state index is 11.4. The summed E-state index contributed by atoms with van der Waals surface area (Å²) in [7, 11) is 0. The van der Waals surface area contributed by atoms with Gasteiger partial charge in [-0.25, -0.2) is 0 Å². The Bertz CT molecular complexity index is 728. The molecule has 0 aromatic heterocycles. The Labute approximate surface area is 278 Å². The predicted molar refractivity (Wildman–Crippen MR) is 177 cm³/mol. The van der Waals surface area contributed by atoms with E-state index < -0.39 is 5.60 Å². The smallest absolute Gasteiger partial charge is 0.113 e. The minimum absolute atomic E-state index is 0.0251. The van der Waals surface area contributed by atoms with Gasteiger partial charge in [-0.15, -0.1) is 0 Å². The van der Waals surface area contributed by atoms with Gasteiger partial charge in [-0.1, -0.05) is 82.2 Å². The molecule has 0 aliphatic carbocycles. The van der Waals surface area contributed by atoms with Crippen molar-refractivity contribution in [1.82, 2.24) is 0 Å². The van der Waals surface area contributed by atoms with Gasteiger partial charge < -0.3 is 52.8 Å². The number of aliphatic hydroxyl groups excluding tert-OH is 1. The van der Waals surface area contributed by atoms with E-state index in [0.717, 1.165) is 18.4 Å². The predicted octanol–water partition coefficient (Wildman–Crippen LogP) is 4.16. The Hall–Kier alpha value is -1.22. The summed E-state index contributed by atoms with van der Waals surface area (Å²) in [5, 5.41) is 20.0. The van der Waals surface area contributed by atoms with Gasteiger partial charge in [0.15, 0.2) is 0 Å². The maximum absolute atomic E-state index is 11.4. The lowest BCUT2D eigenvalue weighted by Crippen LogP contribution is -2.32.